The number of nitrogens with two attached hydrogens (primary N) is 2. The molecule has 8 nitrogen and oxygen atoms in total. The van der Waals surface area contributed by atoms with Crippen LogP contribution in [0.5, 0.6) is 5.75 Å². The third kappa shape index (κ3) is 4.50. The minimum Gasteiger partial charge on any atom is -0.488 e. The molecule has 10 heteroatoms. The molecule has 1 aromatic heterocycles. The molecule has 0 saturated carbocycles. The van der Waals surface area contributed by atoms with Crippen LogP contribution in [-0.4, -0.2) is 49.1 Å². The van der Waals surface area contributed by atoms with E-state index < -0.39 is 21.7 Å². The van der Waals surface area contributed by atoms with Crippen molar-refractivity contribution in [1.29, 1.82) is 0 Å². The van der Waals surface area contributed by atoms with Crippen molar-refractivity contribution in [2.45, 2.75) is 26.0 Å². The highest BCUT2D eigenvalue weighted by Crippen LogP contribution is 2.31. The van der Waals surface area contributed by atoms with Gasteiger partial charge >= 0.3 is 0 Å². The summed E-state index contributed by atoms with van der Waals surface area (Å²) in [5.41, 5.74) is 13.5. The summed E-state index contributed by atoms with van der Waals surface area (Å²) in [6.45, 7) is 4.31. The van der Waals surface area contributed by atoms with Crippen LogP contribution >= 0.6 is 0 Å². The standard InChI is InChI=1S/C18H24FN5O3S/c1-11(2)27-16-7-12(14(20)8-13(16)19)18(21)15-9-17(23-10-22-15)24-3-5-28(25,26)6-4-24/h7-11,18H,3-6,20-21H2,1-2H3. The fourth-order valence-corrected chi connectivity index (χ4v) is 4.20. The zero-order valence-electron chi connectivity index (χ0n) is 15.8. The predicted octanol–water partition coefficient (Wildman–Crippen LogP) is 1.27. The largest absolute Gasteiger partial charge is 0.488 e. The summed E-state index contributed by atoms with van der Waals surface area (Å²) in [6, 6.07) is 3.66. The van der Waals surface area contributed by atoms with E-state index in [2.05, 4.69) is 9.97 Å². The Morgan fingerprint density at radius 1 is 1.18 bits per heavy atom. The lowest BCUT2D eigenvalue weighted by Gasteiger charge is -2.28. The summed E-state index contributed by atoms with van der Waals surface area (Å²) in [6.07, 6.45) is 1.17. The molecule has 2 heterocycles. The highest BCUT2D eigenvalue weighted by molar-refractivity contribution is 7.91. The van der Waals surface area contributed by atoms with Crippen LogP contribution in [0.2, 0.25) is 0 Å². The lowest BCUT2D eigenvalue weighted by molar-refractivity contribution is 0.231. The fourth-order valence-electron chi connectivity index (χ4n) is 3.00. The third-order valence-electron chi connectivity index (χ3n) is 4.50. The number of nitrogen functional groups attached to an aromatic ring is 1. The minimum atomic E-state index is -2.99. The van der Waals surface area contributed by atoms with Crippen LogP contribution in [0, 0.1) is 5.82 Å². The van der Waals surface area contributed by atoms with Gasteiger partial charge in [-0.05, 0) is 19.9 Å². The number of hydrogen-bond donors (Lipinski definition) is 2. The molecule has 0 spiro atoms. The van der Waals surface area contributed by atoms with Crippen molar-refractivity contribution in [3.63, 3.8) is 0 Å². The highest BCUT2D eigenvalue weighted by atomic mass is 32.2. The van der Waals surface area contributed by atoms with Crippen molar-refractivity contribution in [1.82, 2.24) is 9.97 Å². The molecule has 152 valence electrons. The van der Waals surface area contributed by atoms with Crippen LogP contribution in [-0.2, 0) is 9.84 Å². The Bertz CT molecular complexity index is 954. The van der Waals surface area contributed by atoms with Gasteiger partial charge < -0.3 is 21.1 Å². The van der Waals surface area contributed by atoms with Crippen LogP contribution in [0.1, 0.15) is 31.1 Å². The van der Waals surface area contributed by atoms with Crippen molar-refractivity contribution in [3.05, 3.63) is 41.6 Å². The van der Waals surface area contributed by atoms with Gasteiger partial charge in [-0.2, -0.15) is 0 Å². The number of aromatic nitrogens is 2. The van der Waals surface area contributed by atoms with E-state index in [4.69, 9.17) is 16.2 Å². The Morgan fingerprint density at radius 2 is 1.86 bits per heavy atom. The number of benzene rings is 1. The molecule has 0 aliphatic carbocycles. The van der Waals surface area contributed by atoms with Gasteiger partial charge in [-0.25, -0.2) is 22.8 Å². The molecule has 1 atom stereocenters. The molecule has 3 rings (SSSR count). The maximum Gasteiger partial charge on any atom is 0.167 e. The van der Waals surface area contributed by atoms with Crippen molar-refractivity contribution in [2.75, 3.05) is 35.2 Å². The van der Waals surface area contributed by atoms with Gasteiger partial charge in [-0.3, -0.25) is 0 Å². The van der Waals surface area contributed by atoms with E-state index in [0.29, 0.717) is 30.2 Å². The maximum absolute atomic E-state index is 14.1. The van der Waals surface area contributed by atoms with Crippen LogP contribution in [0.4, 0.5) is 15.9 Å². The average Bonchev–Trinajstić information content (AvgIpc) is 2.63. The highest BCUT2D eigenvalue weighted by Gasteiger charge is 2.24. The summed E-state index contributed by atoms with van der Waals surface area (Å²) < 4.78 is 42.8. The van der Waals surface area contributed by atoms with Crippen molar-refractivity contribution < 1.29 is 17.5 Å². The van der Waals surface area contributed by atoms with Crippen LogP contribution < -0.4 is 21.1 Å². The number of hydrogen-bond acceptors (Lipinski definition) is 8. The number of rotatable bonds is 5. The van der Waals surface area contributed by atoms with Gasteiger partial charge in [0.15, 0.2) is 21.4 Å². The van der Waals surface area contributed by atoms with Gasteiger partial charge in [0.05, 0.1) is 29.3 Å². The van der Waals surface area contributed by atoms with Gasteiger partial charge in [-0.15, -0.1) is 0 Å². The molecule has 0 radical (unpaired) electrons. The molecule has 1 fully saturated rings. The molecule has 1 unspecified atom stereocenters. The topological polar surface area (TPSA) is 124 Å². The van der Waals surface area contributed by atoms with Gasteiger partial charge in [0, 0.05) is 36.5 Å². The second-order valence-corrected chi connectivity index (χ2v) is 9.30. The Hall–Kier alpha value is -2.46. The Balaban J connectivity index is 1.88. The fraction of sp³-hybridized carbons (Fsp3) is 0.444. The molecule has 0 amide bonds. The van der Waals surface area contributed by atoms with Gasteiger partial charge in [0.2, 0.25) is 0 Å². The number of ether oxygens (including phenoxy) is 1. The van der Waals surface area contributed by atoms with E-state index in [1.807, 2.05) is 4.90 Å². The predicted molar refractivity (Wildman–Crippen MR) is 106 cm³/mol. The first-order chi connectivity index (χ1) is 13.2. The lowest BCUT2D eigenvalue weighted by Crippen LogP contribution is -2.40. The maximum atomic E-state index is 14.1. The SMILES string of the molecule is CC(C)Oc1cc(C(N)c2cc(N3CCS(=O)(=O)CC3)ncn2)c(N)cc1F. The normalized spacial score (nSPS) is 17.5. The van der Waals surface area contributed by atoms with E-state index in [9.17, 15) is 12.8 Å². The van der Waals surface area contributed by atoms with Crippen molar-refractivity contribution >= 4 is 21.3 Å². The molecule has 1 saturated heterocycles. The van der Waals surface area contributed by atoms with Gasteiger partial charge in [0.1, 0.15) is 12.1 Å². The van der Waals surface area contributed by atoms with Crippen LogP contribution in [0.3, 0.4) is 0 Å². The van der Waals surface area contributed by atoms with E-state index in [-0.39, 0.29) is 29.0 Å². The summed E-state index contributed by atoms with van der Waals surface area (Å²) in [7, 11) is -2.99. The lowest BCUT2D eigenvalue weighted by atomic mass is 10.0. The van der Waals surface area contributed by atoms with Crippen LogP contribution in [0.15, 0.2) is 24.5 Å². The monoisotopic (exact) mass is 409 g/mol. The molecule has 1 aromatic carbocycles. The summed E-state index contributed by atoms with van der Waals surface area (Å²) >= 11 is 0. The summed E-state index contributed by atoms with van der Waals surface area (Å²) in [5, 5.41) is 0. The average molecular weight is 409 g/mol. The number of halogens is 1. The first kappa shape index (κ1) is 20.3. The summed E-state index contributed by atoms with van der Waals surface area (Å²) in [5.74, 6) is 0.276. The zero-order valence-corrected chi connectivity index (χ0v) is 16.6. The quantitative estimate of drug-likeness (QED) is 0.708. The smallest absolute Gasteiger partial charge is 0.167 e. The first-order valence-corrected chi connectivity index (χ1v) is 10.8. The van der Waals surface area contributed by atoms with E-state index in [1.54, 1.807) is 19.9 Å². The van der Waals surface area contributed by atoms with Gasteiger partial charge in [-0.1, -0.05) is 0 Å². The Labute approximate surface area is 163 Å². The molecule has 2 aromatic rings. The zero-order chi connectivity index (χ0) is 20.5. The molecular weight excluding hydrogens is 385 g/mol. The second kappa shape index (κ2) is 7.88. The number of sulfone groups is 1. The molecular formula is C18H24FN5O3S. The number of anilines is 2. The minimum absolute atomic E-state index is 0.0742. The van der Waals surface area contributed by atoms with E-state index >= 15 is 0 Å². The van der Waals surface area contributed by atoms with Crippen molar-refractivity contribution in [3.8, 4) is 5.75 Å². The van der Waals surface area contributed by atoms with Crippen molar-refractivity contribution in [2.24, 2.45) is 5.73 Å². The molecule has 1 aliphatic heterocycles. The van der Waals surface area contributed by atoms with E-state index in [0.717, 1.165) is 0 Å². The molecule has 0 bridgehead atoms. The van der Waals surface area contributed by atoms with Crippen LogP contribution in [0.25, 0.3) is 0 Å². The molecule has 1 aliphatic rings. The molecule has 4 N–H and O–H groups in total. The van der Waals surface area contributed by atoms with E-state index in [1.165, 1.54) is 18.5 Å². The first-order valence-electron chi connectivity index (χ1n) is 8.95. The second-order valence-electron chi connectivity index (χ2n) is 7.00. The third-order valence-corrected chi connectivity index (χ3v) is 6.11. The Kier molecular flexibility index (Phi) is 5.71. The summed E-state index contributed by atoms with van der Waals surface area (Å²) in [4.78, 5) is 10.3. The Morgan fingerprint density at radius 3 is 2.50 bits per heavy atom. The van der Waals surface area contributed by atoms with Gasteiger partial charge in [0.25, 0.3) is 0 Å². The molecule has 28 heavy (non-hydrogen) atoms. The number of nitrogens with zero attached hydrogens (tertiary/aromatic N) is 3.